The van der Waals surface area contributed by atoms with Crippen LogP contribution < -0.4 is 0 Å². The smallest absolute Gasteiger partial charge is 0.305 e. The number of hydrogen-bond donors (Lipinski definition) is 3. The number of methoxy groups -OCH3 is 1. The van der Waals surface area contributed by atoms with E-state index in [1.807, 2.05) is 25.2 Å². The number of aliphatic hydroxyl groups excluding tert-OH is 2. The van der Waals surface area contributed by atoms with Crippen molar-refractivity contribution in [3.63, 3.8) is 0 Å². The molecule has 5 heteroatoms. The van der Waals surface area contributed by atoms with Crippen LogP contribution in [0.15, 0.2) is 48.6 Å². The summed E-state index contributed by atoms with van der Waals surface area (Å²) in [6.45, 7) is 3.95. The topological polar surface area (TPSA) is 87.0 Å². The van der Waals surface area contributed by atoms with Crippen LogP contribution in [-0.2, 0) is 9.53 Å². The minimum Gasteiger partial charge on any atom is -0.469 e. The summed E-state index contributed by atoms with van der Waals surface area (Å²) in [5.41, 5.74) is -0.781. The Bertz CT molecular complexity index is 503. The third-order valence-electron chi connectivity index (χ3n) is 4.11. The number of aliphatic hydroxyl groups is 3. The maximum Gasteiger partial charge on any atom is 0.305 e. The van der Waals surface area contributed by atoms with Gasteiger partial charge in [0.25, 0.3) is 0 Å². The standard InChI is InChI=1S/C22H36O5/c1-4-5-11-17-22(2,26)18-12-9-7-6-8-10-14-19(23)20(24)15-13-16-21(25)27-3/h6-10,12,14,18-20,23-24,26H,4-5,11,13,15-17H2,1-3H3/b8-6+,9-7-,14-10+,18-12+/t19-,20+,22+/m1/s1. The number of unbranched alkanes of at least 4 members (excludes halogenated alkanes) is 2. The first kappa shape index (κ1) is 25.3. The van der Waals surface area contributed by atoms with Gasteiger partial charge in [0, 0.05) is 6.42 Å². The van der Waals surface area contributed by atoms with Crippen molar-refractivity contribution in [1.29, 1.82) is 0 Å². The van der Waals surface area contributed by atoms with E-state index in [2.05, 4.69) is 11.7 Å². The highest BCUT2D eigenvalue weighted by Crippen LogP contribution is 2.16. The van der Waals surface area contributed by atoms with E-state index < -0.39 is 17.8 Å². The van der Waals surface area contributed by atoms with E-state index >= 15 is 0 Å². The van der Waals surface area contributed by atoms with E-state index in [4.69, 9.17) is 0 Å². The SMILES string of the molecule is CCCCC[C@](C)(O)/C=C/C=C\C=C\C=C\[C@@H](O)[C@@H](O)CCCC(=O)OC. The maximum atomic E-state index is 11.0. The molecule has 0 amide bonds. The molecule has 0 aromatic rings. The predicted octanol–water partition coefficient (Wildman–Crippen LogP) is 3.61. The fourth-order valence-electron chi connectivity index (χ4n) is 2.37. The Kier molecular flexibility index (Phi) is 14.4. The van der Waals surface area contributed by atoms with E-state index in [-0.39, 0.29) is 12.4 Å². The fraction of sp³-hybridized carbons (Fsp3) is 0.591. The van der Waals surface area contributed by atoms with Crippen LogP contribution in [0.25, 0.3) is 0 Å². The molecule has 0 heterocycles. The number of hydrogen-bond acceptors (Lipinski definition) is 5. The van der Waals surface area contributed by atoms with Crippen molar-refractivity contribution in [1.82, 2.24) is 0 Å². The van der Waals surface area contributed by atoms with Crippen LogP contribution in [0.2, 0.25) is 0 Å². The summed E-state index contributed by atoms with van der Waals surface area (Å²) >= 11 is 0. The second-order valence-corrected chi connectivity index (χ2v) is 6.85. The summed E-state index contributed by atoms with van der Waals surface area (Å²) in [5.74, 6) is -0.321. The molecule has 0 rings (SSSR count). The summed E-state index contributed by atoms with van der Waals surface area (Å²) in [6.07, 6.45) is 17.1. The molecule has 0 bridgehead atoms. The van der Waals surface area contributed by atoms with E-state index in [9.17, 15) is 20.1 Å². The molecule has 0 aromatic heterocycles. The van der Waals surface area contributed by atoms with Crippen molar-refractivity contribution in [2.45, 2.75) is 76.6 Å². The summed E-state index contributed by atoms with van der Waals surface area (Å²) < 4.78 is 4.52. The van der Waals surface area contributed by atoms with Crippen molar-refractivity contribution in [3.05, 3.63) is 48.6 Å². The molecule has 0 radical (unpaired) electrons. The molecule has 0 unspecified atom stereocenters. The van der Waals surface area contributed by atoms with Crippen LogP contribution in [-0.4, -0.2) is 46.2 Å². The molecule has 0 aliphatic rings. The lowest BCUT2D eigenvalue weighted by Crippen LogP contribution is -2.23. The van der Waals surface area contributed by atoms with Gasteiger partial charge in [0.15, 0.2) is 0 Å². The highest BCUT2D eigenvalue weighted by Gasteiger charge is 2.14. The molecule has 5 nitrogen and oxygen atoms in total. The van der Waals surface area contributed by atoms with E-state index in [0.29, 0.717) is 12.8 Å². The lowest BCUT2D eigenvalue weighted by atomic mass is 9.98. The zero-order valence-corrected chi connectivity index (χ0v) is 16.9. The zero-order valence-electron chi connectivity index (χ0n) is 16.9. The molecule has 3 N–H and O–H groups in total. The molecule has 0 aliphatic carbocycles. The number of rotatable bonds is 14. The minimum absolute atomic E-state index is 0.230. The first-order valence-corrected chi connectivity index (χ1v) is 9.67. The van der Waals surface area contributed by atoms with Crippen molar-refractivity contribution in [2.75, 3.05) is 7.11 Å². The molecular formula is C22H36O5. The van der Waals surface area contributed by atoms with Gasteiger partial charge in [-0.25, -0.2) is 0 Å². The number of esters is 1. The lowest BCUT2D eigenvalue weighted by Gasteiger charge is -2.18. The Morgan fingerprint density at radius 2 is 1.67 bits per heavy atom. The largest absolute Gasteiger partial charge is 0.469 e. The summed E-state index contributed by atoms with van der Waals surface area (Å²) in [6, 6.07) is 0. The molecule has 0 saturated heterocycles. The van der Waals surface area contributed by atoms with E-state index in [1.165, 1.54) is 13.2 Å². The number of ether oxygens (including phenoxy) is 1. The second-order valence-electron chi connectivity index (χ2n) is 6.85. The van der Waals surface area contributed by atoms with Gasteiger partial charge in [0.05, 0.1) is 24.9 Å². The minimum atomic E-state index is -0.977. The average molecular weight is 381 g/mol. The molecule has 27 heavy (non-hydrogen) atoms. The van der Waals surface area contributed by atoms with Crippen molar-refractivity contribution >= 4 is 5.97 Å². The molecule has 0 saturated carbocycles. The molecule has 154 valence electrons. The van der Waals surface area contributed by atoms with Gasteiger partial charge in [-0.2, -0.15) is 0 Å². The van der Waals surface area contributed by atoms with Crippen LogP contribution in [0.5, 0.6) is 0 Å². The van der Waals surface area contributed by atoms with Gasteiger partial charge < -0.3 is 20.1 Å². The molecular weight excluding hydrogens is 344 g/mol. The van der Waals surface area contributed by atoms with Gasteiger partial charge >= 0.3 is 5.97 Å². The third-order valence-corrected chi connectivity index (χ3v) is 4.11. The Morgan fingerprint density at radius 3 is 2.30 bits per heavy atom. The lowest BCUT2D eigenvalue weighted by molar-refractivity contribution is -0.140. The number of carbonyl (C=O) groups excluding carboxylic acids is 1. The summed E-state index contributed by atoms with van der Waals surface area (Å²) in [7, 11) is 1.32. The van der Waals surface area contributed by atoms with Crippen molar-refractivity contribution in [3.8, 4) is 0 Å². The summed E-state index contributed by atoms with van der Waals surface area (Å²) in [5, 5.41) is 29.8. The number of carbonyl (C=O) groups is 1. The van der Waals surface area contributed by atoms with Crippen LogP contribution >= 0.6 is 0 Å². The third kappa shape index (κ3) is 15.1. The normalized spacial score (nSPS) is 17.1. The predicted molar refractivity (Wildman–Crippen MR) is 109 cm³/mol. The van der Waals surface area contributed by atoms with Crippen LogP contribution in [0.1, 0.15) is 58.8 Å². The molecule has 0 spiro atoms. The highest BCUT2D eigenvalue weighted by atomic mass is 16.5. The first-order valence-electron chi connectivity index (χ1n) is 9.67. The zero-order chi connectivity index (χ0) is 20.5. The maximum absolute atomic E-state index is 11.0. The monoisotopic (exact) mass is 380 g/mol. The summed E-state index contributed by atoms with van der Waals surface area (Å²) in [4.78, 5) is 11.0. The van der Waals surface area contributed by atoms with Gasteiger partial charge in [0.2, 0.25) is 0 Å². The van der Waals surface area contributed by atoms with Crippen LogP contribution in [0, 0.1) is 0 Å². The van der Waals surface area contributed by atoms with E-state index in [0.717, 1.165) is 25.7 Å². The van der Waals surface area contributed by atoms with Gasteiger partial charge in [-0.15, -0.1) is 0 Å². The Hall–Kier alpha value is -1.69. The van der Waals surface area contributed by atoms with Crippen molar-refractivity contribution < 1.29 is 24.9 Å². The van der Waals surface area contributed by atoms with Gasteiger partial charge in [0.1, 0.15) is 0 Å². The Morgan fingerprint density at radius 1 is 1.04 bits per heavy atom. The van der Waals surface area contributed by atoms with Crippen LogP contribution in [0.3, 0.4) is 0 Å². The quantitative estimate of drug-likeness (QED) is 0.243. The first-order chi connectivity index (χ1) is 12.8. The van der Waals surface area contributed by atoms with Gasteiger partial charge in [-0.1, -0.05) is 74.8 Å². The van der Waals surface area contributed by atoms with E-state index in [1.54, 1.807) is 24.3 Å². The van der Waals surface area contributed by atoms with Crippen molar-refractivity contribution in [2.24, 2.45) is 0 Å². The second kappa shape index (κ2) is 15.4. The fourth-order valence-corrected chi connectivity index (χ4v) is 2.37. The Labute approximate surface area is 163 Å². The molecule has 3 atom stereocenters. The Balaban J connectivity index is 4.12. The number of allylic oxidation sites excluding steroid dienone is 6. The van der Waals surface area contributed by atoms with Gasteiger partial charge in [-0.05, 0) is 26.2 Å². The van der Waals surface area contributed by atoms with Gasteiger partial charge in [-0.3, -0.25) is 4.79 Å². The molecule has 0 fully saturated rings. The van der Waals surface area contributed by atoms with Crippen LogP contribution in [0.4, 0.5) is 0 Å². The molecule has 0 aromatic carbocycles. The highest BCUT2D eigenvalue weighted by molar-refractivity contribution is 5.68. The molecule has 0 aliphatic heterocycles. The average Bonchev–Trinajstić information content (AvgIpc) is 2.63.